The second-order valence-electron chi connectivity index (χ2n) is 4.24. The molecule has 0 aliphatic heterocycles. The number of primary amides is 1. The predicted molar refractivity (Wildman–Crippen MR) is 66.9 cm³/mol. The van der Waals surface area contributed by atoms with Crippen LogP contribution in [0.25, 0.3) is 0 Å². The Balaban J connectivity index is -0.000000980. The van der Waals surface area contributed by atoms with Gasteiger partial charge in [0.15, 0.2) is 12.4 Å². The summed E-state index contributed by atoms with van der Waals surface area (Å²) >= 11 is 0. The first kappa shape index (κ1) is 21.9. The second-order valence-corrected chi connectivity index (χ2v) is 4.24. The molecule has 0 saturated heterocycles. The molecule has 17 heavy (non-hydrogen) atoms. The average molecular weight is 333 g/mol. The molecule has 104 valence electrons. The molecule has 0 saturated carbocycles. The molecule has 0 aliphatic rings. The van der Waals surface area contributed by atoms with Crippen molar-refractivity contribution in [2.75, 3.05) is 33.8 Å². The Bertz CT molecular complexity index is 238. The lowest BCUT2D eigenvalue weighted by Gasteiger charge is -2.28. The summed E-state index contributed by atoms with van der Waals surface area (Å²) in [5, 5.41) is 7.42. The highest BCUT2D eigenvalue weighted by molar-refractivity contribution is 5.85. The zero-order valence-electron chi connectivity index (χ0n) is 10.7. The number of quaternary nitrogens is 1. The lowest BCUT2D eigenvalue weighted by atomic mass is 10.2. The van der Waals surface area contributed by atoms with Crippen molar-refractivity contribution in [3.05, 3.63) is 0 Å². The Labute approximate surface area is 120 Å². The highest BCUT2D eigenvalue weighted by Crippen LogP contribution is 2.02. The molecule has 1 amide bonds. The Morgan fingerprint density at radius 2 is 1.94 bits per heavy atom. The largest absolute Gasteiger partial charge is 1.00 e. The van der Waals surface area contributed by atoms with Gasteiger partial charge in [0, 0.05) is 12.8 Å². The third kappa shape index (κ3) is 13.6. The van der Waals surface area contributed by atoms with Gasteiger partial charge in [0.2, 0.25) is 0 Å². The molecule has 0 aliphatic carbocycles. The van der Waals surface area contributed by atoms with Crippen molar-refractivity contribution in [3.8, 4) is 0 Å². The summed E-state index contributed by atoms with van der Waals surface area (Å²) in [4.78, 5) is 10.8. The molecule has 0 radical (unpaired) electrons. The maximum Gasteiger partial charge on any atom is 0.272 e. The molecule has 0 aromatic rings. The summed E-state index contributed by atoms with van der Waals surface area (Å²) in [5.41, 5.74) is 5.14. The van der Waals surface area contributed by atoms with Gasteiger partial charge in [-0.05, 0) is 6.92 Å². The van der Waals surface area contributed by atoms with Gasteiger partial charge in [0.05, 0.1) is 27.2 Å². The number of carbonyl (C=O) groups is 1. The van der Waals surface area contributed by atoms with E-state index in [1.807, 2.05) is 21.0 Å². The molecule has 3 N–H and O–H groups in total. The first-order chi connectivity index (χ1) is 6.87. The second kappa shape index (κ2) is 10.8. The first-order valence-corrected chi connectivity index (χ1v) is 5.18. The fourth-order valence-electron chi connectivity index (χ4n) is 1.41. The van der Waals surface area contributed by atoms with Gasteiger partial charge in [-0.25, -0.2) is 0 Å². The summed E-state index contributed by atoms with van der Waals surface area (Å²) in [6.45, 7) is 3.56. The van der Waals surface area contributed by atoms with Crippen LogP contribution >= 0.6 is 12.4 Å². The highest BCUT2D eigenvalue weighted by atomic mass is 79.9. The Kier molecular flexibility index (Phi) is 13.9. The maximum absolute atomic E-state index is 10.8. The van der Waals surface area contributed by atoms with Crippen molar-refractivity contribution in [2.24, 2.45) is 5.73 Å². The van der Waals surface area contributed by atoms with Crippen molar-refractivity contribution >= 4 is 24.2 Å². The molecule has 0 fully saturated rings. The van der Waals surface area contributed by atoms with Gasteiger partial charge in [-0.15, -0.1) is 12.4 Å². The van der Waals surface area contributed by atoms with E-state index >= 15 is 0 Å². The molecular weight excluding hydrogens is 309 g/mol. The molecule has 0 unspecified atom stereocenters. The third-order valence-corrected chi connectivity index (χ3v) is 2.07. The molecule has 0 atom stereocenters. The van der Waals surface area contributed by atoms with Crippen LogP contribution in [0.4, 0.5) is 0 Å². The Morgan fingerprint density at radius 1 is 1.41 bits per heavy atom. The number of nitrogens with one attached hydrogen (secondary N) is 1. The van der Waals surface area contributed by atoms with E-state index in [1.54, 1.807) is 0 Å². The standard InChI is InChI=1S/C10H21N3O2.BrH.ClH/c1-4-15-10(12)6-5-7-13(2,3)8-9(11)14;;/h12H,4-8H2,1-3H3,(H-,11,14);2*1H. The summed E-state index contributed by atoms with van der Waals surface area (Å²) in [7, 11) is 3.91. The SMILES string of the molecule is CCOC(=N)CCC[N+](C)(C)CC(N)=O.Cl.[Br-]. The number of likely N-dealkylation sites (N-methyl/N-ethyl adjacent to an activating group) is 1. The maximum atomic E-state index is 10.8. The van der Waals surface area contributed by atoms with E-state index in [4.69, 9.17) is 15.9 Å². The zero-order valence-corrected chi connectivity index (χ0v) is 13.1. The van der Waals surface area contributed by atoms with E-state index in [-0.39, 0.29) is 35.3 Å². The molecule has 0 heterocycles. The van der Waals surface area contributed by atoms with Gasteiger partial charge in [-0.2, -0.15) is 0 Å². The summed E-state index contributed by atoms with van der Waals surface area (Å²) in [6, 6.07) is 0. The zero-order chi connectivity index (χ0) is 11.9. The number of halogens is 2. The van der Waals surface area contributed by atoms with Gasteiger partial charge in [0.25, 0.3) is 5.91 Å². The van der Waals surface area contributed by atoms with Crippen LogP contribution in [0, 0.1) is 5.41 Å². The molecule has 0 spiro atoms. The van der Waals surface area contributed by atoms with Crippen molar-refractivity contribution in [2.45, 2.75) is 19.8 Å². The van der Waals surface area contributed by atoms with Gasteiger partial charge in [-0.3, -0.25) is 10.2 Å². The normalized spacial score (nSPS) is 9.82. The van der Waals surface area contributed by atoms with E-state index in [9.17, 15) is 4.79 Å². The van der Waals surface area contributed by atoms with E-state index in [1.165, 1.54) is 0 Å². The fourth-order valence-corrected chi connectivity index (χ4v) is 1.41. The monoisotopic (exact) mass is 331 g/mol. The number of hydrogen-bond acceptors (Lipinski definition) is 3. The average Bonchev–Trinajstić information content (AvgIpc) is 2.01. The van der Waals surface area contributed by atoms with Crippen LogP contribution in [-0.2, 0) is 9.53 Å². The number of nitrogens with zero attached hydrogens (tertiary/aromatic N) is 1. The number of nitrogens with two attached hydrogens (primary N) is 1. The molecule has 7 heteroatoms. The van der Waals surface area contributed by atoms with E-state index in [0.717, 1.165) is 13.0 Å². The molecular formula is C10H23BrClN3O2. The molecule has 0 rings (SSSR count). The number of rotatable bonds is 7. The third-order valence-electron chi connectivity index (χ3n) is 2.07. The minimum atomic E-state index is -0.292. The minimum absolute atomic E-state index is 0. The number of hydrogen-bond donors (Lipinski definition) is 2. The summed E-state index contributed by atoms with van der Waals surface area (Å²) < 4.78 is 5.59. The lowest BCUT2D eigenvalue weighted by Crippen LogP contribution is -3.00. The Morgan fingerprint density at radius 3 is 2.35 bits per heavy atom. The summed E-state index contributed by atoms with van der Waals surface area (Å²) in [6.07, 6.45) is 1.45. The van der Waals surface area contributed by atoms with E-state index in [2.05, 4.69) is 0 Å². The topological polar surface area (TPSA) is 76.2 Å². The molecule has 0 aromatic carbocycles. The van der Waals surface area contributed by atoms with Gasteiger partial charge < -0.3 is 31.9 Å². The van der Waals surface area contributed by atoms with Crippen LogP contribution in [0.15, 0.2) is 0 Å². The smallest absolute Gasteiger partial charge is 0.272 e. The van der Waals surface area contributed by atoms with Crippen LogP contribution in [0.5, 0.6) is 0 Å². The van der Waals surface area contributed by atoms with Crippen LogP contribution in [0.3, 0.4) is 0 Å². The van der Waals surface area contributed by atoms with Crippen molar-refractivity contribution in [1.29, 1.82) is 5.41 Å². The van der Waals surface area contributed by atoms with Gasteiger partial charge in [-0.1, -0.05) is 0 Å². The van der Waals surface area contributed by atoms with E-state index in [0.29, 0.717) is 30.0 Å². The van der Waals surface area contributed by atoms with Crippen LogP contribution in [-0.4, -0.2) is 50.1 Å². The number of ether oxygens (including phenoxy) is 1. The van der Waals surface area contributed by atoms with Crippen molar-refractivity contribution in [3.63, 3.8) is 0 Å². The number of carbonyl (C=O) groups excluding carboxylic acids is 1. The van der Waals surface area contributed by atoms with Crippen LogP contribution in [0.2, 0.25) is 0 Å². The minimum Gasteiger partial charge on any atom is -1.00 e. The molecule has 5 nitrogen and oxygen atoms in total. The Hall–Kier alpha value is -0.330. The van der Waals surface area contributed by atoms with Crippen molar-refractivity contribution < 1.29 is 31.0 Å². The lowest BCUT2D eigenvalue weighted by molar-refractivity contribution is -0.882. The van der Waals surface area contributed by atoms with Crippen LogP contribution in [0.1, 0.15) is 19.8 Å². The molecule has 0 bridgehead atoms. The van der Waals surface area contributed by atoms with Crippen molar-refractivity contribution in [1.82, 2.24) is 0 Å². The predicted octanol–water partition coefficient (Wildman–Crippen LogP) is -2.23. The quantitative estimate of drug-likeness (QED) is 0.314. The van der Waals surface area contributed by atoms with Gasteiger partial charge in [0.1, 0.15) is 0 Å². The van der Waals surface area contributed by atoms with Crippen LogP contribution < -0.4 is 22.7 Å². The fraction of sp³-hybridized carbons (Fsp3) is 0.800. The number of amides is 1. The first-order valence-electron chi connectivity index (χ1n) is 5.18. The highest BCUT2D eigenvalue weighted by Gasteiger charge is 2.17. The summed E-state index contributed by atoms with van der Waals surface area (Å²) in [5.74, 6) is 0.0245. The molecule has 0 aromatic heterocycles. The van der Waals surface area contributed by atoms with Gasteiger partial charge >= 0.3 is 0 Å². The van der Waals surface area contributed by atoms with E-state index < -0.39 is 0 Å².